The number of benzene rings is 1. The van der Waals surface area contributed by atoms with E-state index in [-0.39, 0.29) is 11.6 Å². The van der Waals surface area contributed by atoms with Crippen LogP contribution in [0.1, 0.15) is 0 Å². The van der Waals surface area contributed by atoms with Gasteiger partial charge >= 0.3 is 0 Å². The number of hydrazine groups is 1. The lowest BCUT2D eigenvalue weighted by Crippen LogP contribution is -2.45. The summed E-state index contributed by atoms with van der Waals surface area (Å²) in [6.07, 6.45) is 0. The number of fused-ring (bicyclic) bond motifs is 1. The van der Waals surface area contributed by atoms with E-state index in [9.17, 15) is 9.60 Å². The largest absolute Gasteiger partial charge is 0.739 e. The van der Waals surface area contributed by atoms with Crippen molar-refractivity contribution >= 4 is 23.0 Å². The summed E-state index contributed by atoms with van der Waals surface area (Å²) in [6.45, 7) is 3.04. The Labute approximate surface area is 109 Å². The number of guanidine groups is 1. The van der Waals surface area contributed by atoms with Gasteiger partial charge in [-0.3, -0.25) is 5.43 Å². The minimum absolute atomic E-state index is 0.000342. The van der Waals surface area contributed by atoms with E-state index < -0.39 is 5.82 Å². The van der Waals surface area contributed by atoms with Crippen LogP contribution in [0.2, 0.25) is 0 Å². The van der Waals surface area contributed by atoms with Crippen molar-refractivity contribution in [2.45, 2.75) is 0 Å². The van der Waals surface area contributed by atoms with Crippen LogP contribution in [0.15, 0.2) is 17.1 Å². The van der Waals surface area contributed by atoms with Crippen LogP contribution in [0.25, 0.3) is 0 Å². The fourth-order valence-corrected chi connectivity index (χ4v) is 2.26. The van der Waals surface area contributed by atoms with Gasteiger partial charge < -0.3 is 26.3 Å². The second-order valence-corrected chi connectivity index (χ2v) is 4.43. The summed E-state index contributed by atoms with van der Waals surface area (Å²) in [4.78, 5) is 5.95. The maximum Gasteiger partial charge on any atom is 0.212 e. The number of aliphatic imine (C=N–C) groups is 1. The van der Waals surface area contributed by atoms with Crippen LogP contribution in [-0.4, -0.2) is 32.1 Å². The van der Waals surface area contributed by atoms with Gasteiger partial charge in [0, 0.05) is 32.2 Å². The molecule has 8 heteroatoms. The van der Waals surface area contributed by atoms with E-state index in [1.807, 2.05) is 4.90 Å². The van der Waals surface area contributed by atoms with Gasteiger partial charge in [-0.25, -0.2) is 9.38 Å². The van der Waals surface area contributed by atoms with E-state index in [1.54, 1.807) is 6.07 Å². The minimum atomic E-state index is -0.432. The smallest absolute Gasteiger partial charge is 0.212 e. The first kappa shape index (κ1) is 12.0. The number of hydrogen-bond donors (Lipinski definition) is 3. The highest BCUT2D eigenvalue weighted by molar-refractivity contribution is 5.90. The number of anilines is 2. The summed E-state index contributed by atoms with van der Waals surface area (Å²) in [6, 6.07) is 2.75. The number of rotatable bonds is 1. The number of nitrogens with two attached hydrogens (primary N) is 1. The molecule has 1 fully saturated rings. The van der Waals surface area contributed by atoms with E-state index >= 15 is 0 Å². The van der Waals surface area contributed by atoms with Crippen molar-refractivity contribution in [3.8, 4) is 0 Å². The monoisotopic (exact) mass is 265 g/mol. The molecule has 0 aliphatic carbocycles. The van der Waals surface area contributed by atoms with Gasteiger partial charge in [-0.15, -0.1) is 0 Å². The lowest BCUT2D eigenvalue weighted by molar-refractivity contribution is 0.566. The molecule has 1 aromatic carbocycles. The Hall–Kier alpha value is -2.06. The van der Waals surface area contributed by atoms with E-state index in [2.05, 4.69) is 15.7 Å². The number of nitrogens with zero attached hydrogens (tertiary/aromatic N) is 3. The molecule has 3 rings (SSSR count). The van der Waals surface area contributed by atoms with Gasteiger partial charge in [0.25, 0.3) is 0 Å². The Bertz CT molecular complexity index is 528. The van der Waals surface area contributed by atoms with Gasteiger partial charge in [0.15, 0.2) is 0 Å². The zero-order valence-corrected chi connectivity index (χ0v) is 10.2. The van der Waals surface area contributed by atoms with Crippen LogP contribution >= 0.6 is 0 Å². The molecule has 2 heterocycles. The van der Waals surface area contributed by atoms with Crippen molar-refractivity contribution in [3.05, 3.63) is 23.2 Å². The molecule has 2 aliphatic rings. The Morgan fingerprint density at radius 1 is 1.26 bits per heavy atom. The van der Waals surface area contributed by atoms with Crippen LogP contribution in [0.4, 0.5) is 21.5 Å². The van der Waals surface area contributed by atoms with Crippen LogP contribution in [0.5, 0.6) is 0 Å². The molecule has 0 spiro atoms. The summed E-state index contributed by atoms with van der Waals surface area (Å²) in [7, 11) is 0. The summed E-state index contributed by atoms with van der Waals surface area (Å²) in [5.41, 5.74) is 8.72. The zero-order chi connectivity index (χ0) is 13.4. The Kier molecular flexibility index (Phi) is 2.88. The average molecular weight is 265 g/mol. The third-order valence-corrected chi connectivity index (χ3v) is 3.18. The highest BCUT2D eigenvalue weighted by Gasteiger charge is 2.20. The molecule has 1 saturated heterocycles. The first-order chi connectivity index (χ1) is 9.15. The van der Waals surface area contributed by atoms with Gasteiger partial charge in [0.2, 0.25) is 5.96 Å². The summed E-state index contributed by atoms with van der Waals surface area (Å²) in [5.74, 6) is -0.431. The normalized spacial score (nSPS) is 18.7. The van der Waals surface area contributed by atoms with E-state index in [1.165, 1.54) is 6.07 Å². The van der Waals surface area contributed by atoms with Crippen LogP contribution < -0.4 is 26.5 Å². The van der Waals surface area contributed by atoms with Crippen molar-refractivity contribution in [1.82, 2.24) is 10.7 Å². The third-order valence-electron chi connectivity index (χ3n) is 3.18. The summed E-state index contributed by atoms with van der Waals surface area (Å²) in [5, 5.41) is 15.2. The van der Waals surface area contributed by atoms with Gasteiger partial charge in [0.1, 0.15) is 5.82 Å². The lowest BCUT2D eigenvalue weighted by Gasteiger charge is -2.36. The molecule has 0 amide bonds. The van der Waals surface area contributed by atoms with Crippen molar-refractivity contribution < 1.29 is 4.39 Å². The fourth-order valence-electron chi connectivity index (χ4n) is 2.26. The SMILES string of the molecule is NC1=Nc2cc(N3CCNCC3)c(F)cc2N([O-])N1. The molecule has 0 radical (unpaired) electrons. The van der Waals surface area contributed by atoms with Crippen LogP contribution in [-0.2, 0) is 0 Å². The molecule has 0 saturated carbocycles. The molecule has 0 aromatic heterocycles. The quantitative estimate of drug-likeness (QED) is 0.662. The zero-order valence-electron chi connectivity index (χ0n) is 10.2. The molecule has 0 atom stereocenters. The molecule has 1 aromatic rings. The molecule has 4 N–H and O–H groups in total. The van der Waals surface area contributed by atoms with Gasteiger partial charge in [-0.2, -0.15) is 0 Å². The second kappa shape index (κ2) is 4.56. The minimum Gasteiger partial charge on any atom is -0.739 e. The molecule has 0 bridgehead atoms. The van der Waals surface area contributed by atoms with Crippen molar-refractivity contribution in [3.63, 3.8) is 0 Å². The number of piperazine rings is 1. The van der Waals surface area contributed by atoms with Crippen molar-refractivity contribution in [1.29, 1.82) is 0 Å². The molecule has 19 heavy (non-hydrogen) atoms. The molecule has 0 unspecified atom stereocenters. The third kappa shape index (κ3) is 2.15. The van der Waals surface area contributed by atoms with E-state index in [4.69, 9.17) is 5.73 Å². The Morgan fingerprint density at radius 3 is 2.74 bits per heavy atom. The van der Waals surface area contributed by atoms with Crippen molar-refractivity contribution in [2.24, 2.45) is 10.7 Å². The topological polar surface area (TPSA) is 92.0 Å². The fraction of sp³-hybridized carbons (Fsp3) is 0.364. The number of nitrogens with one attached hydrogen (secondary N) is 2. The second-order valence-electron chi connectivity index (χ2n) is 4.43. The lowest BCUT2D eigenvalue weighted by atomic mass is 10.2. The Balaban J connectivity index is 2.01. The van der Waals surface area contributed by atoms with Crippen molar-refractivity contribution in [2.75, 3.05) is 36.3 Å². The van der Waals surface area contributed by atoms with Gasteiger partial charge in [-0.1, -0.05) is 0 Å². The number of halogens is 1. The maximum absolute atomic E-state index is 14.1. The van der Waals surface area contributed by atoms with Gasteiger partial charge in [0.05, 0.1) is 17.1 Å². The first-order valence-electron chi connectivity index (χ1n) is 6.02. The molecular weight excluding hydrogens is 251 g/mol. The predicted octanol–water partition coefficient (Wildman–Crippen LogP) is 0.00390. The van der Waals surface area contributed by atoms with Crippen LogP contribution in [0.3, 0.4) is 0 Å². The molecule has 2 aliphatic heterocycles. The first-order valence-corrected chi connectivity index (χ1v) is 6.02. The van der Waals surface area contributed by atoms with Gasteiger partial charge in [-0.05, 0) is 6.07 Å². The standard InChI is InChI=1S/C11H14FN6O/c12-7-5-10-8(15-11(13)16-18(10)19)6-9(7)17-3-1-14-2-4-17/h5-6,14H,1-4H2,(H3,13,15,16)/q-1. The molecular formula is C11H14FN6O-. The summed E-state index contributed by atoms with van der Waals surface area (Å²) < 4.78 is 14.1. The number of hydrogen-bond acceptors (Lipinski definition) is 7. The summed E-state index contributed by atoms with van der Waals surface area (Å²) >= 11 is 0. The average Bonchev–Trinajstić information content (AvgIpc) is 2.40. The maximum atomic E-state index is 14.1. The van der Waals surface area contributed by atoms with E-state index in [0.717, 1.165) is 13.1 Å². The highest BCUT2D eigenvalue weighted by atomic mass is 19.1. The molecule has 102 valence electrons. The predicted molar refractivity (Wildman–Crippen MR) is 71.7 cm³/mol. The molecule has 7 nitrogen and oxygen atoms in total. The van der Waals surface area contributed by atoms with Crippen LogP contribution in [0, 0.1) is 11.0 Å². The Morgan fingerprint density at radius 2 is 2.00 bits per heavy atom. The highest BCUT2D eigenvalue weighted by Crippen LogP contribution is 2.36. The van der Waals surface area contributed by atoms with E-state index in [0.29, 0.717) is 29.6 Å².